The first-order valence-electron chi connectivity index (χ1n) is 8.41. The molecule has 1 fully saturated rings. The van der Waals surface area contributed by atoms with E-state index in [4.69, 9.17) is 9.84 Å². The first-order valence-corrected chi connectivity index (χ1v) is 8.41. The molecule has 1 aliphatic heterocycles. The van der Waals surface area contributed by atoms with E-state index in [2.05, 4.69) is 0 Å². The van der Waals surface area contributed by atoms with Crippen molar-refractivity contribution in [3.05, 3.63) is 71.8 Å². The highest BCUT2D eigenvalue weighted by molar-refractivity contribution is 5.82. The summed E-state index contributed by atoms with van der Waals surface area (Å²) in [5.74, 6) is -1.94. The van der Waals surface area contributed by atoms with Crippen LogP contribution in [0.3, 0.4) is 0 Å². The Kier molecular flexibility index (Phi) is 5.32. The first kappa shape index (κ1) is 18.1. The summed E-state index contributed by atoms with van der Waals surface area (Å²) in [6.45, 7) is -0.609. The number of carboxylic acids is 1. The number of hydrogen-bond donors (Lipinski definition) is 1. The van der Waals surface area contributed by atoms with Crippen LogP contribution in [0.25, 0.3) is 0 Å². The van der Waals surface area contributed by atoms with Gasteiger partial charge in [0.2, 0.25) is 11.6 Å². The van der Waals surface area contributed by atoms with E-state index in [0.717, 1.165) is 11.1 Å². The quantitative estimate of drug-likeness (QED) is 0.863. The Hall–Kier alpha value is -2.73. The molecule has 5 nitrogen and oxygen atoms in total. The standard InChI is InChI=1S/C20H20FNO4/c21-20(19(24)25)11-12-22(14-20)17(23)13-26-18(15-7-3-1-4-8-15)16-9-5-2-6-10-16/h1-10,18H,11-14H2,(H,24,25). The van der Waals surface area contributed by atoms with Crippen molar-refractivity contribution in [2.75, 3.05) is 19.7 Å². The Morgan fingerprint density at radius 2 is 1.62 bits per heavy atom. The topological polar surface area (TPSA) is 66.8 Å². The number of carboxylic acid groups (broad SMARTS) is 1. The maximum atomic E-state index is 14.1. The van der Waals surface area contributed by atoms with Gasteiger partial charge in [0.1, 0.15) is 12.7 Å². The number of halogens is 1. The molecule has 26 heavy (non-hydrogen) atoms. The van der Waals surface area contributed by atoms with Gasteiger partial charge in [-0.3, -0.25) is 4.79 Å². The Bertz CT molecular complexity index is 728. The van der Waals surface area contributed by atoms with Crippen LogP contribution in [0.1, 0.15) is 23.7 Å². The number of likely N-dealkylation sites (tertiary alicyclic amines) is 1. The number of carbonyl (C=O) groups is 2. The molecular formula is C20H20FNO4. The summed E-state index contributed by atoms with van der Waals surface area (Å²) in [5.41, 5.74) is -0.565. The summed E-state index contributed by atoms with van der Waals surface area (Å²) in [6, 6.07) is 19.0. The molecule has 0 spiro atoms. The summed E-state index contributed by atoms with van der Waals surface area (Å²) in [6.07, 6.45) is -0.631. The lowest BCUT2D eigenvalue weighted by molar-refractivity contribution is -0.150. The SMILES string of the molecule is O=C(COC(c1ccccc1)c1ccccc1)N1CCC(F)(C(=O)O)C1. The summed E-state index contributed by atoms with van der Waals surface area (Å²) in [4.78, 5) is 24.6. The number of amides is 1. The van der Waals surface area contributed by atoms with Gasteiger partial charge in [0.15, 0.2) is 0 Å². The molecule has 0 radical (unpaired) electrons. The van der Waals surface area contributed by atoms with Crippen molar-refractivity contribution in [2.24, 2.45) is 0 Å². The lowest BCUT2D eigenvalue weighted by Gasteiger charge is -2.22. The molecule has 0 saturated carbocycles. The van der Waals surface area contributed by atoms with Crippen molar-refractivity contribution in [2.45, 2.75) is 18.2 Å². The fourth-order valence-corrected chi connectivity index (χ4v) is 3.05. The highest BCUT2D eigenvalue weighted by Gasteiger charge is 2.46. The van der Waals surface area contributed by atoms with Gasteiger partial charge in [-0.15, -0.1) is 0 Å². The van der Waals surface area contributed by atoms with Crippen LogP contribution in [0.5, 0.6) is 0 Å². The van der Waals surface area contributed by atoms with E-state index in [1.54, 1.807) is 0 Å². The van der Waals surface area contributed by atoms with Crippen molar-refractivity contribution in [3.8, 4) is 0 Å². The predicted octanol–water partition coefficient (Wildman–Crippen LogP) is 2.82. The van der Waals surface area contributed by atoms with Crippen LogP contribution in [-0.4, -0.2) is 47.2 Å². The third kappa shape index (κ3) is 3.91. The lowest BCUT2D eigenvalue weighted by atomic mass is 10.0. The minimum atomic E-state index is -2.37. The van der Waals surface area contributed by atoms with E-state index in [-0.39, 0.29) is 19.6 Å². The van der Waals surface area contributed by atoms with E-state index >= 15 is 0 Å². The third-order valence-corrected chi connectivity index (χ3v) is 4.53. The Morgan fingerprint density at radius 1 is 1.08 bits per heavy atom. The van der Waals surface area contributed by atoms with Gasteiger partial charge < -0.3 is 14.7 Å². The summed E-state index contributed by atoms with van der Waals surface area (Å²) in [7, 11) is 0. The molecule has 1 amide bonds. The smallest absolute Gasteiger partial charge is 0.343 e. The molecule has 3 rings (SSSR count). The Morgan fingerprint density at radius 3 is 2.08 bits per heavy atom. The van der Waals surface area contributed by atoms with E-state index in [9.17, 15) is 14.0 Å². The summed E-state index contributed by atoms with van der Waals surface area (Å²) in [5, 5.41) is 8.94. The maximum Gasteiger partial charge on any atom is 0.343 e. The minimum Gasteiger partial charge on any atom is -0.479 e. The molecule has 136 valence electrons. The Balaban J connectivity index is 1.69. The van der Waals surface area contributed by atoms with Gasteiger partial charge in [0.05, 0.1) is 6.54 Å². The van der Waals surface area contributed by atoms with E-state index in [1.165, 1.54) is 4.90 Å². The van der Waals surface area contributed by atoms with Gasteiger partial charge in [0, 0.05) is 13.0 Å². The van der Waals surface area contributed by atoms with Gasteiger partial charge in [-0.1, -0.05) is 60.7 Å². The van der Waals surface area contributed by atoms with Crippen LogP contribution in [0, 0.1) is 0 Å². The summed E-state index contributed by atoms with van der Waals surface area (Å²) >= 11 is 0. The van der Waals surface area contributed by atoms with Crippen LogP contribution in [-0.2, 0) is 14.3 Å². The monoisotopic (exact) mass is 357 g/mol. The molecule has 1 N–H and O–H groups in total. The third-order valence-electron chi connectivity index (χ3n) is 4.53. The lowest BCUT2D eigenvalue weighted by Crippen LogP contribution is -2.40. The fraction of sp³-hybridized carbons (Fsp3) is 0.300. The summed E-state index contributed by atoms with van der Waals surface area (Å²) < 4.78 is 20.0. The number of nitrogens with zero attached hydrogens (tertiary/aromatic N) is 1. The van der Waals surface area contributed by atoms with Gasteiger partial charge >= 0.3 is 5.97 Å². The molecule has 1 aliphatic rings. The second-order valence-corrected chi connectivity index (χ2v) is 6.35. The molecule has 1 saturated heterocycles. The molecular weight excluding hydrogens is 337 g/mol. The van der Waals surface area contributed by atoms with Crippen molar-refractivity contribution in [1.82, 2.24) is 4.90 Å². The van der Waals surface area contributed by atoms with Crippen LogP contribution in [0.2, 0.25) is 0 Å². The van der Waals surface area contributed by atoms with Crippen LogP contribution >= 0.6 is 0 Å². The highest BCUT2D eigenvalue weighted by atomic mass is 19.1. The fourth-order valence-electron chi connectivity index (χ4n) is 3.05. The van der Waals surface area contributed by atoms with E-state index in [0.29, 0.717) is 0 Å². The van der Waals surface area contributed by atoms with Crippen molar-refractivity contribution in [3.63, 3.8) is 0 Å². The average molecular weight is 357 g/mol. The maximum absolute atomic E-state index is 14.1. The molecule has 1 atom stereocenters. The molecule has 0 bridgehead atoms. The van der Waals surface area contributed by atoms with Crippen molar-refractivity contribution in [1.29, 1.82) is 0 Å². The van der Waals surface area contributed by atoms with Gasteiger partial charge in [-0.05, 0) is 11.1 Å². The number of rotatable bonds is 6. The van der Waals surface area contributed by atoms with Gasteiger partial charge in [-0.2, -0.15) is 0 Å². The van der Waals surface area contributed by atoms with Crippen LogP contribution in [0.4, 0.5) is 4.39 Å². The number of alkyl halides is 1. The van der Waals surface area contributed by atoms with Crippen molar-refractivity contribution < 1.29 is 23.8 Å². The zero-order valence-electron chi connectivity index (χ0n) is 14.2. The zero-order chi connectivity index (χ0) is 18.6. The predicted molar refractivity (Wildman–Crippen MR) is 93.4 cm³/mol. The van der Waals surface area contributed by atoms with Crippen LogP contribution in [0.15, 0.2) is 60.7 Å². The second-order valence-electron chi connectivity index (χ2n) is 6.35. The average Bonchev–Trinajstić information content (AvgIpc) is 3.07. The van der Waals surface area contributed by atoms with E-state index in [1.807, 2.05) is 60.7 Å². The molecule has 0 aromatic heterocycles. The molecule has 2 aromatic rings. The van der Waals surface area contributed by atoms with Crippen LogP contribution < -0.4 is 0 Å². The highest BCUT2D eigenvalue weighted by Crippen LogP contribution is 2.28. The number of benzene rings is 2. The number of ether oxygens (including phenoxy) is 1. The van der Waals surface area contributed by atoms with Gasteiger partial charge in [-0.25, -0.2) is 9.18 Å². The largest absolute Gasteiger partial charge is 0.479 e. The minimum absolute atomic E-state index is 0.0757. The molecule has 6 heteroatoms. The molecule has 1 unspecified atom stereocenters. The second kappa shape index (κ2) is 7.66. The van der Waals surface area contributed by atoms with E-state index < -0.39 is 30.2 Å². The number of carbonyl (C=O) groups excluding carboxylic acids is 1. The molecule has 1 heterocycles. The Labute approximate surface area is 151 Å². The van der Waals surface area contributed by atoms with Gasteiger partial charge in [0.25, 0.3) is 0 Å². The number of aliphatic carboxylic acids is 1. The first-order chi connectivity index (χ1) is 12.5. The normalized spacial score (nSPS) is 19.7. The van der Waals surface area contributed by atoms with Crippen molar-refractivity contribution >= 4 is 11.9 Å². The zero-order valence-corrected chi connectivity index (χ0v) is 14.2. The molecule has 0 aliphatic carbocycles. The molecule has 2 aromatic carbocycles. The number of hydrogen-bond acceptors (Lipinski definition) is 3.